The molecule has 18 heteroatoms. The summed E-state index contributed by atoms with van der Waals surface area (Å²) in [6.07, 6.45) is -4.87. The average Bonchev–Trinajstić information content (AvgIpc) is 3.19. The van der Waals surface area contributed by atoms with Crippen molar-refractivity contribution in [2.75, 3.05) is 37.0 Å². The van der Waals surface area contributed by atoms with Gasteiger partial charge in [-0.25, -0.2) is 4.79 Å². The first-order valence-corrected chi connectivity index (χ1v) is 20.7. The summed E-state index contributed by atoms with van der Waals surface area (Å²) >= 11 is 2.80. The zero-order valence-corrected chi connectivity index (χ0v) is 33.3. The molecule has 1 aliphatic heterocycles. The van der Waals surface area contributed by atoms with Crippen LogP contribution in [0.15, 0.2) is 54.6 Å². The molecular formula is C38H55N5O11S2. The van der Waals surface area contributed by atoms with Crippen LogP contribution in [0.1, 0.15) is 62.7 Å². The summed E-state index contributed by atoms with van der Waals surface area (Å²) < 4.78 is 14.0. The molecule has 3 rings (SSSR count). The van der Waals surface area contributed by atoms with Gasteiger partial charge < -0.3 is 56.3 Å². The molecule has 0 saturated carbocycles. The van der Waals surface area contributed by atoms with Crippen molar-refractivity contribution in [3.63, 3.8) is 0 Å². The van der Waals surface area contributed by atoms with Gasteiger partial charge in [0.15, 0.2) is 0 Å². The Kier molecular flexibility index (Phi) is 20.1. The number of carbonyl (C=O) groups is 5. The Morgan fingerprint density at radius 2 is 1.68 bits per heavy atom. The fourth-order valence-electron chi connectivity index (χ4n) is 5.73. The largest absolute Gasteiger partial charge is 0.477 e. The number of amides is 4. The molecule has 56 heavy (non-hydrogen) atoms. The fraction of sp³-hybridized carbons (Fsp3) is 0.553. The lowest BCUT2D eigenvalue weighted by Gasteiger charge is -2.46. The predicted molar refractivity (Wildman–Crippen MR) is 213 cm³/mol. The Hall–Kier alpha value is -3.75. The molecule has 2 aromatic carbocycles. The van der Waals surface area contributed by atoms with Crippen LogP contribution in [0.2, 0.25) is 0 Å². The molecule has 0 aromatic heterocycles. The second-order valence-electron chi connectivity index (χ2n) is 13.3. The zero-order valence-electron chi connectivity index (χ0n) is 31.7. The van der Waals surface area contributed by atoms with E-state index in [2.05, 4.69) is 27.6 Å². The number of nitrogens with two attached hydrogens (primary N) is 1. The molecule has 310 valence electrons. The van der Waals surface area contributed by atoms with Crippen molar-refractivity contribution in [2.24, 2.45) is 5.73 Å². The summed E-state index contributed by atoms with van der Waals surface area (Å²) in [5.74, 6) is -3.80. The van der Waals surface area contributed by atoms with Crippen LogP contribution >= 0.6 is 23.7 Å². The smallest absolute Gasteiger partial charge is 0.364 e. The van der Waals surface area contributed by atoms with Gasteiger partial charge in [0.05, 0.1) is 30.9 Å². The van der Waals surface area contributed by atoms with Crippen LogP contribution in [0.4, 0.5) is 0 Å². The Bertz CT molecular complexity index is 1560. The molecule has 1 heterocycles. The summed E-state index contributed by atoms with van der Waals surface area (Å²) in [5.41, 5.74) is 8.06. The third-order valence-electron chi connectivity index (χ3n) is 8.84. The topological polar surface area (TPSA) is 259 Å². The Labute approximate surface area is 335 Å². The van der Waals surface area contributed by atoms with Crippen LogP contribution in [0.5, 0.6) is 0 Å². The van der Waals surface area contributed by atoms with E-state index in [9.17, 15) is 44.4 Å². The number of benzene rings is 2. The predicted octanol–water partition coefficient (Wildman–Crippen LogP) is 1.17. The highest BCUT2D eigenvalue weighted by Crippen LogP contribution is 2.34. The number of aliphatic hydroxyl groups is 3. The van der Waals surface area contributed by atoms with Crippen LogP contribution in [0.3, 0.4) is 0 Å². The summed E-state index contributed by atoms with van der Waals surface area (Å²) in [4.78, 5) is 61.8. The van der Waals surface area contributed by atoms with Crippen LogP contribution in [0, 0.1) is 0 Å². The molecule has 2 aromatic rings. The van der Waals surface area contributed by atoms with Gasteiger partial charge in [-0.2, -0.15) is 11.8 Å². The van der Waals surface area contributed by atoms with Gasteiger partial charge in [0.1, 0.15) is 12.2 Å². The molecular weight excluding hydrogens is 767 g/mol. The standard InChI is InChI=1S/C38H55N5O11S2/c1-3-4-19-55-21-17-40-36(50)28(39)15-16-31(47)43-56-20-8-18-53-38(37(51)52)22-29(45)32(42-24(2)44)34(54-38)33(48)30(46)23-41-35(49)27-13-11-26(12-14-27)25-9-6-5-7-10-25/h5-7,9-14,28-30,32-34,45-46,48H,3-4,8,15-23,39H2,1-2H3,(H,40,50)(H,41,49)(H,42,44)(H,43,47)(H,51,52)/t28?,29-,30+,32+,33+,34+,38+/m0/s1. The number of aliphatic hydroxyl groups excluding tert-OH is 3. The summed E-state index contributed by atoms with van der Waals surface area (Å²) in [5, 5.41) is 51.0. The molecule has 7 atom stereocenters. The van der Waals surface area contributed by atoms with Crippen LogP contribution < -0.4 is 26.4 Å². The van der Waals surface area contributed by atoms with E-state index >= 15 is 0 Å². The van der Waals surface area contributed by atoms with Crippen molar-refractivity contribution in [1.29, 1.82) is 0 Å². The third-order valence-corrected chi connectivity index (χ3v) is 10.8. The molecule has 0 radical (unpaired) electrons. The second-order valence-corrected chi connectivity index (χ2v) is 15.5. The van der Waals surface area contributed by atoms with E-state index in [-0.39, 0.29) is 43.2 Å². The maximum atomic E-state index is 12.9. The minimum Gasteiger partial charge on any atom is -0.477 e. The van der Waals surface area contributed by atoms with E-state index in [1.807, 2.05) is 30.3 Å². The normalized spacial score (nSPS) is 20.9. The zero-order chi connectivity index (χ0) is 41.1. The van der Waals surface area contributed by atoms with E-state index in [4.69, 9.17) is 15.2 Å². The number of carboxylic acid groups (broad SMARTS) is 1. The van der Waals surface area contributed by atoms with Crippen molar-refractivity contribution >= 4 is 53.3 Å². The highest BCUT2D eigenvalue weighted by molar-refractivity contribution is 7.99. The number of hydrogen-bond acceptors (Lipinski definition) is 13. The first kappa shape index (κ1) is 46.6. The number of hydrogen-bond donors (Lipinski definition) is 9. The van der Waals surface area contributed by atoms with Gasteiger partial charge in [0.2, 0.25) is 17.7 Å². The Morgan fingerprint density at radius 1 is 0.982 bits per heavy atom. The number of carbonyl (C=O) groups excluding carboxylic acids is 4. The number of carboxylic acids is 1. The minimum atomic E-state index is -2.47. The van der Waals surface area contributed by atoms with E-state index < -0.39 is 73.0 Å². The summed E-state index contributed by atoms with van der Waals surface area (Å²) in [7, 11) is 0. The lowest BCUT2D eigenvalue weighted by molar-refractivity contribution is -0.310. The number of thioether (sulfide) groups is 1. The van der Waals surface area contributed by atoms with Crippen LogP contribution in [-0.2, 0) is 28.7 Å². The quantitative estimate of drug-likeness (QED) is 0.0533. The average molecular weight is 822 g/mol. The lowest BCUT2D eigenvalue weighted by Crippen LogP contribution is -2.68. The second kappa shape index (κ2) is 24.1. The lowest BCUT2D eigenvalue weighted by atomic mass is 9.88. The highest BCUT2D eigenvalue weighted by Gasteiger charge is 2.55. The minimum absolute atomic E-state index is 0.0216. The van der Waals surface area contributed by atoms with Crippen LogP contribution in [0.25, 0.3) is 11.1 Å². The van der Waals surface area contributed by atoms with E-state index in [0.29, 0.717) is 12.3 Å². The number of ether oxygens (including phenoxy) is 2. The summed E-state index contributed by atoms with van der Waals surface area (Å²) in [6, 6.07) is 14.1. The van der Waals surface area contributed by atoms with Gasteiger partial charge in [-0.05, 0) is 48.3 Å². The van der Waals surface area contributed by atoms with Gasteiger partial charge in [0, 0.05) is 49.9 Å². The van der Waals surface area contributed by atoms with Crippen molar-refractivity contribution in [3.05, 3.63) is 60.2 Å². The first-order chi connectivity index (χ1) is 26.8. The number of unbranched alkanes of at least 4 members (excludes halogenated alkanes) is 1. The maximum absolute atomic E-state index is 12.9. The molecule has 1 unspecified atom stereocenters. The molecule has 4 amide bonds. The molecule has 0 aliphatic carbocycles. The van der Waals surface area contributed by atoms with Crippen molar-refractivity contribution in [3.8, 4) is 11.1 Å². The van der Waals surface area contributed by atoms with E-state index in [0.717, 1.165) is 54.3 Å². The van der Waals surface area contributed by atoms with Crippen LogP contribution in [-0.4, -0.2) is 129 Å². The molecule has 1 saturated heterocycles. The number of aliphatic carboxylic acids is 1. The SMILES string of the molecule is CCCCSCCNC(=O)C(N)CCC(=O)NSCCCO[C@]1(C(=O)O)C[C@H](O)[C@@H](NC(C)=O)[C@H]([C@H](O)[C@H](O)CNC(=O)c2ccc(-c3ccccc3)cc2)O1. The van der Waals surface area contributed by atoms with Crippen molar-refractivity contribution in [2.45, 2.75) is 94.7 Å². The molecule has 1 fully saturated rings. The molecule has 10 N–H and O–H groups in total. The van der Waals surface area contributed by atoms with E-state index in [1.165, 1.54) is 0 Å². The van der Waals surface area contributed by atoms with Crippen molar-refractivity contribution < 1.29 is 53.9 Å². The van der Waals surface area contributed by atoms with Crippen molar-refractivity contribution in [1.82, 2.24) is 20.7 Å². The summed E-state index contributed by atoms with van der Waals surface area (Å²) in [6.45, 7) is 3.09. The van der Waals surface area contributed by atoms with Gasteiger partial charge in [0.25, 0.3) is 11.7 Å². The Balaban J connectivity index is 1.48. The maximum Gasteiger partial charge on any atom is 0.364 e. The molecule has 0 bridgehead atoms. The fourth-order valence-corrected chi connectivity index (χ4v) is 7.30. The monoisotopic (exact) mass is 821 g/mol. The van der Waals surface area contributed by atoms with E-state index in [1.54, 1.807) is 36.0 Å². The van der Waals surface area contributed by atoms with Gasteiger partial charge in [-0.15, -0.1) is 0 Å². The number of nitrogens with one attached hydrogen (secondary N) is 4. The molecule has 16 nitrogen and oxygen atoms in total. The highest BCUT2D eigenvalue weighted by atomic mass is 32.2. The van der Waals surface area contributed by atoms with Gasteiger partial charge in [-0.1, -0.05) is 67.8 Å². The third kappa shape index (κ3) is 15.0. The number of rotatable bonds is 24. The molecule has 0 spiro atoms. The molecule has 1 aliphatic rings. The first-order valence-electron chi connectivity index (χ1n) is 18.6. The van der Waals surface area contributed by atoms with Gasteiger partial charge >= 0.3 is 5.97 Å². The Morgan fingerprint density at radius 3 is 2.34 bits per heavy atom. The van der Waals surface area contributed by atoms with Gasteiger partial charge in [-0.3, -0.25) is 19.2 Å².